The Bertz CT molecular complexity index is 289. The standard InChI is InChI=1S/C9H9F3OS/c1-6(8(3)13)4-5-7(2)14-9(10,11)12/h4-5H,1-2H2,3H3/b5-4-. The minimum absolute atomic E-state index is 0.147. The summed E-state index contributed by atoms with van der Waals surface area (Å²) >= 11 is -0.323. The molecule has 14 heavy (non-hydrogen) atoms. The quantitative estimate of drug-likeness (QED) is 0.535. The molecule has 0 aromatic rings. The van der Waals surface area contributed by atoms with Gasteiger partial charge in [0.25, 0.3) is 0 Å². The topological polar surface area (TPSA) is 17.1 Å². The van der Waals surface area contributed by atoms with Gasteiger partial charge in [0, 0.05) is 10.5 Å². The van der Waals surface area contributed by atoms with E-state index in [9.17, 15) is 18.0 Å². The van der Waals surface area contributed by atoms with Crippen LogP contribution < -0.4 is 0 Å². The summed E-state index contributed by atoms with van der Waals surface area (Å²) in [4.78, 5) is 10.5. The van der Waals surface area contributed by atoms with E-state index in [0.717, 1.165) is 6.08 Å². The van der Waals surface area contributed by atoms with Gasteiger partial charge in [0.15, 0.2) is 5.78 Å². The van der Waals surface area contributed by atoms with E-state index >= 15 is 0 Å². The predicted molar refractivity (Wildman–Crippen MR) is 51.7 cm³/mol. The van der Waals surface area contributed by atoms with E-state index in [1.807, 2.05) is 0 Å². The number of hydrogen-bond acceptors (Lipinski definition) is 2. The van der Waals surface area contributed by atoms with E-state index < -0.39 is 5.51 Å². The summed E-state index contributed by atoms with van der Waals surface area (Å²) in [6, 6.07) is 0. The third kappa shape index (κ3) is 6.54. The van der Waals surface area contributed by atoms with Crippen LogP contribution in [0.15, 0.2) is 35.8 Å². The number of hydrogen-bond donors (Lipinski definition) is 0. The molecule has 1 nitrogen and oxygen atoms in total. The number of carbonyl (C=O) groups is 1. The summed E-state index contributed by atoms with van der Waals surface area (Å²) in [7, 11) is 0. The Morgan fingerprint density at radius 2 is 1.79 bits per heavy atom. The van der Waals surface area contributed by atoms with E-state index in [4.69, 9.17) is 0 Å². The summed E-state index contributed by atoms with van der Waals surface area (Å²) in [5.41, 5.74) is -4.20. The molecule has 0 aromatic carbocycles. The minimum Gasteiger partial charge on any atom is -0.295 e. The molecule has 0 aromatic heterocycles. The second-order valence-electron chi connectivity index (χ2n) is 2.43. The minimum atomic E-state index is -4.35. The Labute approximate surface area is 84.4 Å². The lowest BCUT2D eigenvalue weighted by molar-refractivity contribution is -0.113. The average Bonchev–Trinajstić information content (AvgIpc) is 1.96. The molecule has 0 rings (SSSR count). The number of halogens is 3. The lowest BCUT2D eigenvalue weighted by atomic mass is 10.2. The van der Waals surface area contributed by atoms with Crippen molar-refractivity contribution in [1.82, 2.24) is 0 Å². The summed E-state index contributed by atoms with van der Waals surface area (Å²) < 4.78 is 35.3. The molecule has 0 heterocycles. The number of alkyl halides is 3. The molecule has 0 aliphatic carbocycles. The Kier molecular flexibility index (Phi) is 4.70. The van der Waals surface area contributed by atoms with Crippen molar-refractivity contribution < 1.29 is 18.0 Å². The number of thioether (sulfide) groups is 1. The van der Waals surface area contributed by atoms with Gasteiger partial charge in [-0.3, -0.25) is 4.79 Å². The lowest BCUT2D eigenvalue weighted by Gasteiger charge is -2.03. The maximum atomic E-state index is 11.8. The molecular formula is C9H9F3OS. The van der Waals surface area contributed by atoms with Gasteiger partial charge in [-0.1, -0.05) is 19.2 Å². The second-order valence-corrected chi connectivity index (χ2v) is 3.62. The summed E-state index contributed by atoms with van der Waals surface area (Å²) in [5.74, 6) is -0.286. The third-order valence-electron chi connectivity index (χ3n) is 1.17. The third-order valence-corrected chi connectivity index (χ3v) is 1.80. The van der Waals surface area contributed by atoms with Gasteiger partial charge in [-0.05, 0) is 24.8 Å². The maximum absolute atomic E-state index is 11.8. The Balaban J connectivity index is 4.21. The van der Waals surface area contributed by atoms with Crippen LogP contribution >= 0.6 is 11.8 Å². The van der Waals surface area contributed by atoms with Gasteiger partial charge in [-0.25, -0.2) is 0 Å². The van der Waals surface area contributed by atoms with Crippen LogP contribution in [0.2, 0.25) is 0 Å². The largest absolute Gasteiger partial charge is 0.446 e. The van der Waals surface area contributed by atoms with Crippen LogP contribution in [-0.2, 0) is 4.79 Å². The van der Waals surface area contributed by atoms with Gasteiger partial charge in [-0.2, -0.15) is 13.2 Å². The molecule has 0 atom stereocenters. The first-order chi connectivity index (χ1) is 6.22. The van der Waals surface area contributed by atoms with Gasteiger partial charge in [0.2, 0.25) is 0 Å². The molecule has 0 spiro atoms. The molecule has 0 aliphatic rings. The number of rotatable bonds is 4. The maximum Gasteiger partial charge on any atom is 0.446 e. The first-order valence-corrected chi connectivity index (χ1v) is 4.36. The van der Waals surface area contributed by atoms with E-state index in [0.29, 0.717) is 0 Å². The van der Waals surface area contributed by atoms with Crippen molar-refractivity contribution in [2.24, 2.45) is 0 Å². The second kappa shape index (κ2) is 5.05. The number of carbonyl (C=O) groups excluding carboxylic acids is 1. The SMILES string of the molecule is C=C(/C=C\C(=C)C(C)=O)SC(F)(F)F. The van der Waals surface area contributed by atoms with E-state index in [1.54, 1.807) is 0 Å². The summed E-state index contributed by atoms with van der Waals surface area (Å²) in [6.07, 6.45) is 2.32. The first-order valence-electron chi connectivity index (χ1n) is 3.55. The highest BCUT2D eigenvalue weighted by molar-refractivity contribution is 8.04. The average molecular weight is 222 g/mol. The van der Waals surface area contributed by atoms with Gasteiger partial charge in [0.05, 0.1) is 0 Å². The van der Waals surface area contributed by atoms with Crippen LogP contribution in [0.3, 0.4) is 0 Å². The van der Waals surface area contributed by atoms with E-state index in [2.05, 4.69) is 13.2 Å². The number of ketones is 1. The van der Waals surface area contributed by atoms with Crippen LogP contribution in [0.1, 0.15) is 6.92 Å². The molecule has 5 heteroatoms. The van der Waals surface area contributed by atoms with Crippen LogP contribution in [0.25, 0.3) is 0 Å². The van der Waals surface area contributed by atoms with Gasteiger partial charge in [-0.15, -0.1) is 0 Å². The smallest absolute Gasteiger partial charge is 0.295 e. The van der Waals surface area contributed by atoms with Crippen molar-refractivity contribution in [3.8, 4) is 0 Å². The normalized spacial score (nSPS) is 11.7. The number of allylic oxidation sites excluding steroid dienone is 3. The van der Waals surface area contributed by atoms with E-state index in [1.165, 1.54) is 13.0 Å². The molecule has 0 amide bonds. The van der Waals surface area contributed by atoms with Crippen molar-refractivity contribution in [2.75, 3.05) is 0 Å². The summed E-state index contributed by atoms with van der Waals surface area (Å²) in [5, 5.41) is 0. The highest BCUT2D eigenvalue weighted by Gasteiger charge is 2.28. The van der Waals surface area contributed by atoms with Crippen LogP contribution in [0.5, 0.6) is 0 Å². The molecule has 78 valence electrons. The molecular weight excluding hydrogens is 213 g/mol. The fourth-order valence-electron chi connectivity index (χ4n) is 0.494. The van der Waals surface area contributed by atoms with Crippen LogP contribution in [0, 0.1) is 0 Å². The Hall–Kier alpha value is -0.970. The molecule has 0 saturated heterocycles. The van der Waals surface area contributed by atoms with Crippen LogP contribution in [-0.4, -0.2) is 11.3 Å². The first kappa shape index (κ1) is 13.0. The molecule has 0 N–H and O–H groups in total. The van der Waals surface area contributed by atoms with Crippen molar-refractivity contribution in [1.29, 1.82) is 0 Å². The molecule has 0 bridgehead atoms. The lowest BCUT2D eigenvalue weighted by Crippen LogP contribution is -1.99. The van der Waals surface area contributed by atoms with Crippen molar-refractivity contribution >= 4 is 17.5 Å². The zero-order valence-corrected chi connectivity index (χ0v) is 8.34. The van der Waals surface area contributed by atoms with Gasteiger partial charge >= 0.3 is 5.51 Å². The molecule has 0 aliphatic heterocycles. The molecule has 0 fully saturated rings. The van der Waals surface area contributed by atoms with Crippen molar-refractivity contribution in [2.45, 2.75) is 12.4 Å². The molecule has 0 saturated carbocycles. The van der Waals surface area contributed by atoms with Gasteiger partial charge in [0.1, 0.15) is 0 Å². The van der Waals surface area contributed by atoms with Crippen molar-refractivity contribution in [3.63, 3.8) is 0 Å². The monoisotopic (exact) mass is 222 g/mol. The molecule has 0 radical (unpaired) electrons. The Morgan fingerprint density at radius 3 is 2.14 bits per heavy atom. The zero-order chi connectivity index (χ0) is 11.4. The Morgan fingerprint density at radius 1 is 1.29 bits per heavy atom. The van der Waals surface area contributed by atoms with Crippen LogP contribution in [0.4, 0.5) is 13.2 Å². The summed E-state index contributed by atoms with van der Waals surface area (Å²) in [6.45, 7) is 7.81. The highest BCUT2D eigenvalue weighted by atomic mass is 32.2. The van der Waals surface area contributed by atoms with Crippen molar-refractivity contribution in [3.05, 3.63) is 35.8 Å². The fourth-order valence-corrected chi connectivity index (χ4v) is 0.927. The predicted octanol–water partition coefficient (Wildman–Crippen LogP) is 3.45. The fraction of sp³-hybridized carbons (Fsp3) is 0.222. The van der Waals surface area contributed by atoms with Gasteiger partial charge < -0.3 is 0 Å². The molecule has 0 unspecified atom stereocenters. The number of Topliss-reactive ketones (excluding diaryl/α,β-unsaturated/α-hetero) is 1. The highest BCUT2D eigenvalue weighted by Crippen LogP contribution is 2.35. The zero-order valence-electron chi connectivity index (χ0n) is 7.52. The van der Waals surface area contributed by atoms with E-state index in [-0.39, 0.29) is 28.0 Å².